The molecule has 3 aliphatic rings. The van der Waals surface area contributed by atoms with Crippen molar-refractivity contribution in [2.24, 2.45) is 5.92 Å². The van der Waals surface area contributed by atoms with Crippen molar-refractivity contribution in [1.82, 2.24) is 15.5 Å². The second kappa shape index (κ2) is 20.3. The van der Waals surface area contributed by atoms with Crippen LogP contribution in [0.3, 0.4) is 0 Å². The summed E-state index contributed by atoms with van der Waals surface area (Å²) in [5.74, 6) is 2.63. The van der Waals surface area contributed by atoms with E-state index in [1.165, 1.54) is 0 Å². The molecule has 3 aliphatic heterocycles. The summed E-state index contributed by atoms with van der Waals surface area (Å²) >= 11 is 0. The molecule has 0 aliphatic carbocycles. The van der Waals surface area contributed by atoms with E-state index in [0.29, 0.717) is 28.0 Å². The Kier molecular flexibility index (Phi) is 13.7. The van der Waals surface area contributed by atoms with Crippen LogP contribution in [0.15, 0.2) is 164 Å². The van der Waals surface area contributed by atoms with Crippen LogP contribution in [0.5, 0.6) is 5.75 Å². The van der Waals surface area contributed by atoms with Crippen LogP contribution in [-0.2, 0) is 24.5 Å². The van der Waals surface area contributed by atoms with Gasteiger partial charge in [0.1, 0.15) is 29.9 Å². The van der Waals surface area contributed by atoms with Crippen molar-refractivity contribution in [2.45, 2.75) is 55.1 Å². The molecular weight excluding hydrogens is 873 g/mol. The van der Waals surface area contributed by atoms with Gasteiger partial charge in [0.05, 0.1) is 49.0 Å². The number of cyclic esters (lactones) is 1. The van der Waals surface area contributed by atoms with E-state index in [2.05, 4.69) is 22.5 Å². The van der Waals surface area contributed by atoms with E-state index in [9.17, 15) is 15.3 Å². The lowest BCUT2D eigenvalue weighted by molar-refractivity contribution is -0.178. The lowest BCUT2D eigenvalue weighted by atomic mass is 9.65. The second-order valence-corrected chi connectivity index (χ2v) is 17.3. The number of imide groups is 1. The van der Waals surface area contributed by atoms with Gasteiger partial charge in [-0.3, -0.25) is 19.3 Å². The molecule has 6 aromatic carbocycles. The Balaban J connectivity index is 1.32. The Morgan fingerprint density at radius 3 is 2.01 bits per heavy atom. The van der Waals surface area contributed by atoms with Crippen molar-refractivity contribution in [3.63, 3.8) is 0 Å². The molecule has 0 radical (unpaired) electrons. The van der Waals surface area contributed by atoms with Gasteiger partial charge in [0, 0.05) is 18.5 Å². The number of morpholine rings is 1. The van der Waals surface area contributed by atoms with Crippen LogP contribution in [0.1, 0.15) is 82.6 Å². The monoisotopic (exact) mass is 924 g/mol. The van der Waals surface area contributed by atoms with Crippen molar-refractivity contribution >= 4 is 29.5 Å². The van der Waals surface area contributed by atoms with E-state index >= 15 is 19.2 Å². The van der Waals surface area contributed by atoms with Gasteiger partial charge in [-0.25, -0.2) is 9.69 Å². The maximum Gasteiger partial charge on any atom is 0.329 e. The second-order valence-electron chi connectivity index (χ2n) is 17.3. The highest BCUT2D eigenvalue weighted by molar-refractivity contribution is 6.24. The molecule has 2 fully saturated rings. The number of nitrogens with zero attached hydrogens (tertiary/aromatic N) is 2. The highest BCUT2D eigenvalue weighted by atomic mass is 16.6. The molecule has 69 heavy (non-hydrogen) atoms. The number of ether oxygens (including phenoxy) is 2. The lowest BCUT2D eigenvalue weighted by Crippen LogP contribution is -2.56. The van der Waals surface area contributed by atoms with Gasteiger partial charge in [0.15, 0.2) is 0 Å². The Hall–Kier alpha value is -7.60. The third-order valence-corrected chi connectivity index (χ3v) is 13.3. The fraction of sp³-hybridized carbons (Fsp3) is 0.250. The van der Waals surface area contributed by atoms with Gasteiger partial charge < -0.3 is 35.4 Å². The molecule has 0 aromatic heterocycles. The van der Waals surface area contributed by atoms with E-state index < -0.39 is 71.5 Å². The summed E-state index contributed by atoms with van der Waals surface area (Å²) < 4.78 is 12.4. The molecule has 4 amide bonds. The minimum absolute atomic E-state index is 0.0239. The average Bonchev–Trinajstić information content (AvgIpc) is 3.84. The Morgan fingerprint density at radius 1 is 0.754 bits per heavy atom. The predicted molar refractivity (Wildman–Crippen MR) is 257 cm³/mol. The smallest absolute Gasteiger partial charge is 0.329 e. The minimum Gasteiger partial charge on any atom is -0.491 e. The first kappa shape index (κ1) is 46.5. The normalized spacial score (nSPS) is 22.4. The number of hydrogen-bond acceptors (Lipinski definition) is 10. The molecule has 2 saturated heterocycles. The van der Waals surface area contributed by atoms with Crippen LogP contribution in [0.25, 0.3) is 0 Å². The largest absolute Gasteiger partial charge is 0.491 e. The summed E-state index contributed by atoms with van der Waals surface area (Å²) in [6, 6.07) is 44.1. The number of hydrogen-bond donors (Lipinski definition) is 5. The zero-order valence-electron chi connectivity index (χ0n) is 37.9. The number of fused-ring (bicyclic) bond motifs is 3. The van der Waals surface area contributed by atoms with Crippen molar-refractivity contribution in [3.8, 4) is 17.6 Å². The van der Waals surface area contributed by atoms with Crippen LogP contribution in [0, 0.1) is 17.8 Å². The molecule has 0 bridgehead atoms. The SMILES string of the molecule is CC(NC(=O)N1C(=O)C2(c3cc(C#CCCO)ccc31)C(C(=O)NCC(O)c1ccccc1)C1C(=O)OC(c3ccccc3)C(c3ccccc3)N1C2c1ccc(OCCO)cc1)c1ccccc1. The van der Waals surface area contributed by atoms with Gasteiger partial charge in [-0.1, -0.05) is 145 Å². The number of rotatable bonds is 13. The summed E-state index contributed by atoms with van der Waals surface area (Å²) in [7, 11) is 0. The van der Waals surface area contributed by atoms with Crippen molar-refractivity contribution in [2.75, 3.05) is 31.3 Å². The number of nitrogens with one attached hydrogen (secondary N) is 2. The molecule has 5 N–H and O–H groups in total. The first-order valence-corrected chi connectivity index (χ1v) is 23.0. The number of carbonyl (C=O) groups is 4. The van der Waals surface area contributed by atoms with Gasteiger partial charge in [-0.15, -0.1) is 0 Å². The topological polar surface area (TPSA) is 178 Å². The molecular formula is C56H52N4O9. The summed E-state index contributed by atoms with van der Waals surface area (Å²) in [5.41, 5.74) is 2.06. The highest BCUT2D eigenvalue weighted by Crippen LogP contribution is 2.66. The third kappa shape index (κ3) is 8.75. The third-order valence-electron chi connectivity index (χ3n) is 13.3. The molecule has 13 heteroatoms. The van der Waals surface area contributed by atoms with Gasteiger partial charge in [-0.2, -0.15) is 0 Å². The number of benzene rings is 6. The fourth-order valence-corrected chi connectivity index (χ4v) is 10.3. The van der Waals surface area contributed by atoms with Gasteiger partial charge in [0.25, 0.3) is 0 Å². The van der Waals surface area contributed by atoms with Crippen LogP contribution in [0.4, 0.5) is 10.5 Å². The summed E-state index contributed by atoms with van der Waals surface area (Å²) in [6.07, 6.45) is -1.94. The maximum atomic E-state index is 16.6. The van der Waals surface area contributed by atoms with E-state index in [4.69, 9.17) is 9.47 Å². The standard InChI is InChI=1S/C56H52N4O9/c1-36(38-17-6-2-7-18-38)58-55(67)59-45-30-25-37(16-14-15-31-61)34-44(45)56(54(59)66)47(52(64)57-35-46(63)39-19-8-3-9-20-39)49-53(65)69-50(41-23-12-5-13-24-41)48(40-21-10-4-11-22-40)60(49)51(56)42-26-28-43(29-27-42)68-33-32-62/h2-13,17-30,34,36,46-51,61-63H,15,31-33,35H2,1H3,(H,57,64)(H,58,67). The van der Waals surface area contributed by atoms with Gasteiger partial charge >= 0.3 is 12.0 Å². The van der Waals surface area contributed by atoms with E-state index in [1.807, 2.05) is 109 Å². The molecule has 13 nitrogen and oxygen atoms in total. The number of amides is 4. The minimum atomic E-state index is -2.07. The van der Waals surface area contributed by atoms with Crippen LogP contribution in [0.2, 0.25) is 0 Å². The van der Waals surface area contributed by atoms with E-state index in [1.54, 1.807) is 66.7 Å². The zero-order valence-corrected chi connectivity index (χ0v) is 37.9. The number of esters is 1. The number of aliphatic hydroxyl groups is 3. The first-order valence-electron chi connectivity index (χ1n) is 23.0. The molecule has 6 aromatic rings. The van der Waals surface area contributed by atoms with Gasteiger partial charge in [0.2, 0.25) is 11.8 Å². The maximum absolute atomic E-state index is 16.6. The average molecular weight is 925 g/mol. The van der Waals surface area contributed by atoms with Gasteiger partial charge in [-0.05, 0) is 70.6 Å². The zero-order chi connectivity index (χ0) is 48.1. The Labute approximate surface area is 400 Å². The number of anilines is 1. The summed E-state index contributed by atoms with van der Waals surface area (Å²) in [6.45, 7) is 1.14. The van der Waals surface area contributed by atoms with Crippen LogP contribution in [-0.4, -0.2) is 76.4 Å². The van der Waals surface area contributed by atoms with Crippen molar-refractivity contribution in [1.29, 1.82) is 0 Å². The molecule has 1 spiro atoms. The molecule has 0 saturated carbocycles. The lowest BCUT2D eigenvalue weighted by Gasteiger charge is -2.46. The van der Waals surface area contributed by atoms with Crippen molar-refractivity contribution < 1.29 is 44.0 Å². The predicted octanol–water partition coefficient (Wildman–Crippen LogP) is 6.78. The number of aliphatic hydroxyl groups excluding tert-OH is 3. The molecule has 350 valence electrons. The number of urea groups is 1. The fourth-order valence-electron chi connectivity index (χ4n) is 10.3. The van der Waals surface area contributed by atoms with Crippen LogP contribution < -0.4 is 20.3 Å². The Bertz CT molecular complexity index is 2860. The quantitative estimate of drug-likeness (QED) is 0.0613. The first-order chi connectivity index (χ1) is 33.7. The van der Waals surface area contributed by atoms with E-state index in [-0.39, 0.29) is 44.0 Å². The molecule has 9 rings (SSSR count). The highest BCUT2D eigenvalue weighted by Gasteiger charge is 2.75. The van der Waals surface area contributed by atoms with Crippen molar-refractivity contribution in [3.05, 3.63) is 203 Å². The molecule has 8 unspecified atom stereocenters. The van der Waals surface area contributed by atoms with Crippen LogP contribution >= 0.6 is 0 Å². The molecule has 8 atom stereocenters. The number of carbonyl (C=O) groups excluding carboxylic acids is 4. The van der Waals surface area contributed by atoms with E-state index in [0.717, 1.165) is 16.0 Å². The molecule has 3 heterocycles. The Morgan fingerprint density at radius 2 is 1.38 bits per heavy atom. The summed E-state index contributed by atoms with van der Waals surface area (Å²) in [4.78, 5) is 65.7. The summed E-state index contributed by atoms with van der Waals surface area (Å²) in [5, 5.41) is 36.7.